The minimum Gasteiger partial charge on any atom is -0.396 e. The Kier molecular flexibility index (Phi) is 9.85. The lowest BCUT2D eigenvalue weighted by Crippen LogP contribution is -2.22. The number of hydrogen-bond donors (Lipinski definition) is 2. The molecule has 0 atom stereocenters. The molecule has 2 aromatic rings. The molecule has 1 aromatic carbocycles. The van der Waals surface area contributed by atoms with Gasteiger partial charge in [-0.15, -0.1) is 24.2 Å². The summed E-state index contributed by atoms with van der Waals surface area (Å²) in [7, 11) is 0. The van der Waals surface area contributed by atoms with Crippen molar-refractivity contribution in [3.05, 3.63) is 64.1 Å². The third-order valence-electron chi connectivity index (χ3n) is 3.92. The molecule has 6 nitrogen and oxygen atoms in total. The van der Waals surface area contributed by atoms with Gasteiger partial charge in [-0.25, -0.2) is 9.97 Å². The number of aromatic nitrogens is 2. The average Bonchev–Trinajstić information content (AvgIpc) is 2.65. The number of nitrogens with zero attached hydrogens (tertiary/aromatic N) is 3. The van der Waals surface area contributed by atoms with Crippen LogP contribution in [0.5, 0.6) is 0 Å². The van der Waals surface area contributed by atoms with Gasteiger partial charge in [0.15, 0.2) is 0 Å². The number of benzene rings is 1. The van der Waals surface area contributed by atoms with Crippen LogP contribution in [-0.4, -0.2) is 33.0 Å². The van der Waals surface area contributed by atoms with E-state index in [2.05, 4.69) is 22.1 Å². The second-order valence-electron chi connectivity index (χ2n) is 5.82. The highest BCUT2D eigenvalue weighted by Gasteiger charge is 2.14. The Morgan fingerprint density at radius 1 is 1.33 bits per heavy atom. The van der Waals surface area contributed by atoms with Crippen LogP contribution in [0.1, 0.15) is 30.3 Å². The van der Waals surface area contributed by atoms with Gasteiger partial charge in [0.25, 0.3) is 0 Å². The minimum atomic E-state index is 0. The number of halogens is 1. The highest BCUT2D eigenvalue weighted by molar-refractivity contribution is 8.02. The van der Waals surface area contributed by atoms with Crippen molar-refractivity contribution in [3.8, 4) is 0 Å². The van der Waals surface area contributed by atoms with Crippen molar-refractivity contribution in [2.75, 3.05) is 12.3 Å². The second kappa shape index (κ2) is 11.6. The summed E-state index contributed by atoms with van der Waals surface area (Å²) in [6.45, 7) is 3.96. The molecular weight excluding hydrogens is 384 g/mol. The molecule has 0 radical (unpaired) electrons. The van der Waals surface area contributed by atoms with E-state index in [1.54, 1.807) is 29.8 Å². The van der Waals surface area contributed by atoms with Crippen molar-refractivity contribution in [1.29, 1.82) is 0 Å². The molecule has 0 saturated carbocycles. The first-order valence-corrected chi connectivity index (χ1v) is 9.31. The van der Waals surface area contributed by atoms with E-state index >= 15 is 0 Å². The zero-order chi connectivity index (χ0) is 18.9. The molecule has 0 fully saturated rings. The molecule has 0 spiro atoms. The Morgan fingerprint density at radius 2 is 2.04 bits per heavy atom. The molecule has 8 heteroatoms. The van der Waals surface area contributed by atoms with Crippen molar-refractivity contribution in [3.63, 3.8) is 0 Å². The lowest BCUT2D eigenvalue weighted by atomic mass is 10.2. The van der Waals surface area contributed by atoms with Gasteiger partial charge in [0.05, 0.1) is 6.54 Å². The predicted molar refractivity (Wildman–Crippen MR) is 112 cm³/mol. The normalized spacial score (nSPS) is 11.4. The lowest BCUT2D eigenvalue weighted by molar-refractivity contribution is -0.116. The monoisotopic (exact) mass is 408 g/mol. The minimum absolute atomic E-state index is 0. The first-order valence-electron chi connectivity index (χ1n) is 8.32. The van der Waals surface area contributed by atoms with Crippen LogP contribution in [-0.2, 0) is 17.1 Å². The molecule has 1 heterocycles. The number of nitrogens with two attached hydrogens (primary N) is 1. The number of nitrogen functional groups attached to an aromatic ring is 1. The average molecular weight is 409 g/mol. The van der Waals surface area contributed by atoms with Crippen molar-refractivity contribution < 1.29 is 9.90 Å². The number of aliphatic hydroxyl groups is 1. The van der Waals surface area contributed by atoms with Crippen LogP contribution in [0.25, 0.3) is 0 Å². The van der Waals surface area contributed by atoms with Gasteiger partial charge in [0, 0.05) is 41.1 Å². The molecule has 3 N–H and O–H groups in total. The van der Waals surface area contributed by atoms with Gasteiger partial charge in [0.1, 0.15) is 11.6 Å². The molecule has 0 unspecified atom stereocenters. The lowest BCUT2D eigenvalue weighted by Gasteiger charge is -2.22. The summed E-state index contributed by atoms with van der Waals surface area (Å²) in [6.07, 6.45) is 2.91. The van der Waals surface area contributed by atoms with Crippen molar-refractivity contribution in [1.82, 2.24) is 14.9 Å². The molecule has 0 bridgehead atoms. The smallest absolute Gasteiger partial charge is 0.214 e. The zero-order valence-electron chi connectivity index (χ0n) is 15.5. The fourth-order valence-electron chi connectivity index (χ4n) is 2.42. The molecule has 1 amide bonds. The Hall–Kier alpha value is -2.09. The van der Waals surface area contributed by atoms with Crippen LogP contribution in [0.2, 0.25) is 0 Å². The standard InChI is InChI=1S/C19H24N4O2S.ClH/c1-14(18(8-9-24)26-12-16-6-4-3-5-7-16)23(13-25)11-17-10-21-15(2)22-19(17)20;/h3-7,10,13,24H,8-9,11-12H2,1-2H3,(H2,20,21,22);1H/b18-14-;. The molecule has 2 rings (SSSR count). The van der Waals surface area contributed by atoms with E-state index in [1.807, 2.05) is 25.1 Å². The molecule has 0 saturated heterocycles. The van der Waals surface area contributed by atoms with E-state index in [4.69, 9.17) is 5.73 Å². The molecule has 0 aliphatic heterocycles. The number of aryl methyl sites for hydroxylation is 1. The van der Waals surface area contributed by atoms with Crippen LogP contribution < -0.4 is 5.73 Å². The molecule has 0 aliphatic carbocycles. The van der Waals surface area contributed by atoms with E-state index in [0.29, 0.717) is 30.2 Å². The first kappa shape index (κ1) is 23.0. The number of amides is 1. The molecule has 1 aromatic heterocycles. The van der Waals surface area contributed by atoms with Gasteiger partial charge in [-0.05, 0) is 19.4 Å². The van der Waals surface area contributed by atoms with Gasteiger partial charge in [-0.2, -0.15) is 0 Å². The topological polar surface area (TPSA) is 92.3 Å². The molecule has 27 heavy (non-hydrogen) atoms. The number of carbonyl (C=O) groups excluding carboxylic acids is 1. The van der Waals surface area contributed by atoms with Gasteiger partial charge in [-0.1, -0.05) is 30.3 Å². The van der Waals surface area contributed by atoms with E-state index < -0.39 is 0 Å². The summed E-state index contributed by atoms with van der Waals surface area (Å²) in [6, 6.07) is 10.1. The first-order chi connectivity index (χ1) is 12.5. The maximum atomic E-state index is 11.7. The van der Waals surface area contributed by atoms with Gasteiger partial charge < -0.3 is 15.7 Å². The van der Waals surface area contributed by atoms with Crippen molar-refractivity contribution in [2.24, 2.45) is 0 Å². The predicted octanol–water partition coefficient (Wildman–Crippen LogP) is 3.29. The van der Waals surface area contributed by atoms with Gasteiger partial charge in [-0.3, -0.25) is 4.79 Å². The second-order valence-corrected chi connectivity index (χ2v) is 6.89. The fourth-order valence-corrected chi connectivity index (χ4v) is 3.51. The Bertz CT molecular complexity index is 772. The zero-order valence-corrected chi connectivity index (χ0v) is 17.1. The highest BCUT2D eigenvalue weighted by Crippen LogP contribution is 2.29. The number of allylic oxidation sites excluding steroid dienone is 1. The summed E-state index contributed by atoms with van der Waals surface area (Å²) in [5, 5.41) is 9.41. The number of hydrogen-bond acceptors (Lipinski definition) is 6. The van der Waals surface area contributed by atoms with Crippen LogP contribution in [0, 0.1) is 6.92 Å². The number of rotatable bonds is 9. The van der Waals surface area contributed by atoms with Gasteiger partial charge >= 0.3 is 0 Å². The fraction of sp³-hybridized carbons (Fsp3) is 0.316. The van der Waals surface area contributed by atoms with Crippen molar-refractivity contribution >= 4 is 36.4 Å². The summed E-state index contributed by atoms with van der Waals surface area (Å²) in [5.41, 5.74) is 8.62. The molecule has 146 valence electrons. The Labute approximate surface area is 170 Å². The van der Waals surface area contributed by atoms with Crippen LogP contribution >= 0.6 is 24.2 Å². The summed E-state index contributed by atoms with van der Waals surface area (Å²) < 4.78 is 0. The number of carbonyl (C=O) groups is 1. The number of thioether (sulfide) groups is 1. The van der Waals surface area contributed by atoms with E-state index in [1.165, 1.54) is 5.56 Å². The maximum Gasteiger partial charge on any atom is 0.214 e. The Morgan fingerprint density at radius 3 is 2.63 bits per heavy atom. The largest absolute Gasteiger partial charge is 0.396 e. The summed E-state index contributed by atoms with van der Waals surface area (Å²) >= 11 is 1.62. The van der Waals surface area contributed by atoms with Crippen LogP contribution in [0.4, 0.5) is 5.82 Å². The number of anilines is 1. The van der Waals surface area contributed by atoms with E-state index in [-0.39, 0.29) is 19.0 Å². The van der Waals surface area contributed by atoms with Crippen LogP contribution in [0.15, 0.2) is 47.1 Å². The van der Waals surface area contributed by atoms with Crippen molar-refractivity contribution in [2.45, 2.75) is 32.6 Å². The van der Waals surface area contributed by atoms with E-state index in [0.717, 1.165) is 22.8 Å². The van der Waals surface area contributed by atoms with Gasteiger partial charge in [0.2, 0.25) is 6.41 Å². The van der Waals surface area contributed by atoms with Crippen LogP contribution in [0.3, 0.4) is 0 Å². The maximum absolute atomic E-state index is 11.7. The highest BCUT2D eigenvalue weighted by atomic mass is 35.5. The molecule has 0 aliphatic rings. The summed E-state index contributed by atoms with van der Waals surface area (Å²) in [4.78, 5) is 22.5. The third kappa shape index (κ3) is 6.86. The number of aliphatic hydroxyl groups excluding tert-OH is 1. The summed E-state index contributed by atoms with van der Waals surface area (Å²) in [5.74, 6) is 1.74. The SMILES string of the molecule is C/C(=C(\CCO)SCc1ccccc1)N(C=O)Cc1cnc(C)nc1N.Cl. The Balaban J connectivity index is 0.00000364. The van der Waals surface area contributed by atoms with E-state index in [9.17, 15) is 9.90 Å². The third-order valence-corrected chi connectivity index (χ3v) is 5.24. The molecular formula is C19H25ClN4O2S. The quantitative estimate of drug-likeness (QED) is 0.618.